The van der Waals surface area contributed by atoms with Crippen molar-refractivity contribution in [3.63, 3.8) is 0 Å². The lowest BCUT2D eigenvalue weighted by molar-refractivity contribution is -0.127. The Morgan fingerprint density at radius 1 is 1.31 bits per heavy atom. The molecule has 0 spiro atoms. The van der Waals surface area contributed by atoms with E-state index in [2.05, 4.69) is 5.32 Å². The Kier molecular flexibility index (Phi) is 7.27. The summed E-state index contributed by atoms with van der Waals surface area (Å²) in [6.45, 7) is 0.255. The molecule has 0 bridgehead atoms. The zero-order valence-corrected chi connectivity index (χ0v) is 10.7. The highest BCUT2D eigenvalue weighted by Crippen LogP contribution is 1.95. The number of nitrogens with one attached hydrogen (secondary N) is 1. The fourth-order valence-electron chi connectivity index (χ4n) is 1.04. The largest absolute Gasteiger partial charge is 0.354 e. The number of carbonyl (C=O) groups excluding carboxylic acids is 1. The summed E-state index contributed by atoms with van der Waals surface area (Å²) in [6.07, 6.45) is 1.19. The number of carbonyl (C=O) groups is 1. The van der Waals surface area contributed by atoms with E-state index in [0.717, 1.165) is 6.26 Å². The quantitative estimate of drug-likeness (QED) is 0.592. The van der Waals surface area contributed by atoms with Crippen LogP contribution in [0.1, 0.15) is 12.8 Å². The molecule has 0 unspecified atom stereocenters. The number of ether oxygens (including phenoxy) is 2. The van der Waals surface area contributed by atoms with Gasteiger partial charge in [0, 0.05) is 26.9 Å². The molecule has 1 N–H and O–H groups in total. The summed E-state index contributed by atoms with van der Waals surface area (Å²) in [4.78, 5) is 11.2. The third kappa shape index (κ3) is 8.63. The van der Waals surface area contributed by atoms with E-state index < -0.39 is 16.1 Å². The van der Waals surface area contributed by atoms with Crippen molar-refractivity contribution in [3.8, 4) is 0 Å². The highest BCUT2D eigenvalue weighted by Gasteiger charge is 2.09. The second-order valence-corrected chi connectivity index (χ2v) is 5.70. The number of hydrogen-bond acceptors (Lipinski definition) is 5. The third-order valence-corrected chi connectivity index (χ3v) is 2.94. The van der Waals surface area contributed by atoms with Gasteiger partial charge in [0.1, 0.15) is 9.84 Å². The molecule has 0 saturated heterocycles. The van der Waals surface area contributed by atoms with Crippen molar-refractivity contribution in [2.75, 3.05) is 32.8 Å². The predicted octanol–water partition coefficient (Wildman–Crippen LogP) is -0.454. The van der Waals surface area contributed by atoms with Crippen LogP contribution in [-0.4, -0.2) is 53.4 Å². The van der Waals surface area contributed by atoms with Crippen LogP contribution in [0.25, 0.3) is 0 Å². The molecular weight excluding hydrogens is 234 g/mol. The monoisotopic (exact) mass is 253 g/mol. The van der Waals surface area contributed by atoms with Crippen molar-refractivity contribution in [1.82, 2.24) is 5.32 Å². The molecule has 0 aromatic heterocycles. The molecule has 0 radical (unpaired) electrons. The van der Waals surface area contributed by atoms with Gasteiger partial charge in [0.2, 0.25) is 5.91 Å². The molecule has 0 saturated carbocycles. The first-order valence-electron chi connectivity index (χ1n) is 4.89. The molecule has 0 heterocycles. The van der Waals surface area contributed by atoms with Crippen LogP contribution < -0.4 is 5.32 Å². The van der Waals surface area contributed by atoms with Gasteiger partial charge in [-0.2, -0.15) is 0 Å². The third-order valence-electron chi connectivity index (χ3n) is 1.91. The van der Waals surface area contributed by atoms with Crippen molar-refractivity contribution in [2.24, 2.45) is 0 Å². The standard InChI is InChI=1S/C9H19NO5S/c1-14-9(15-2)7-10-8(11)5-4-6-16(3,12)13/h9H,4-7H2,1-3H3,(H,10,11). The van der Waals surface area contributed by atoms with Gasteiger partial charge in [0.15, 0.2) is 6.29 Å². The van der Waals surface area contributed by atoms with E-state index in [4.69, 9.17) is 9.47 Å². The summed E-state index contributed by atoms with van der Waals surface area (Å²) < 4.78 is 31.4. The second kappa shape index (κ2) is 7.59. The van der Waals surface area contributed by atoms with Crippen LogP contribution in [0.15, 0.2) is 0 Å². The normalized spacial score (nSPS) is 11.8. The SMILES string of the molecule is COC(CNC(=O)CCCS(C)(=O)=O)OC. The Balaban J connectivity index is 3.67. The van der Waals surface area contributed by atoms with Gasteiger partial charge in [-0.05, 0) is 6.42 Å². The van der Waals surface area contributed by atoms with E-state index in [1.807, 2.05) is 0 Å². The number of amides is 1. The van der Waals surface area contributed by atoms with E-state index in [1.165, 1.54) is 14.2 Å². The number of rotatable bonds is 8. The Bertz CT molecular complexity index is 297. The molecule has 0 aliphatic heterocycles. The molecule has 0 fully saturated rings. The smallest absolute Gasteiger partial charge is 0.220 e. The fraction of sp³-hybridized carbons (Fsp3) is 0.889. The number of methoxy groups -OCH3 is 2. The maximum absolute atomic E-state index is 11.2. The van der Waals surface area contributed by atoms with Crippen molar-refractivity contribution in [1.29, 1.82) is 0 Å². The van der Waals surface area contributed by atoms with E-state index in [-0.39, 0.29) is 24.6 Å². The van der Waals surface area contributed by atoms with Gasteiger partial charge in [-0.25, -0.2) is 8.42 Å². The summed E-state index contributed by atoms with van der Waals surface area (Å²) in [5, 5.41) is 2.59. The molecule has 16 heavy (non-hydrogen) atoms. The van der Waals surface area contributed by atoms with E-state index >= 15 is 0 Å². The number of hydrogen-bond donors (Lipinski definition) is 1. The van der Waals surface area contributed by atoms with Gasteiger partial charge in [0.25, 0.3) is 0 Å². The first-order valence-corrected chi connectivity index (χ1v) is 6.95. The van der Waals surface area contributed by atoms with Crippen molar-refractivity contribution in [3.05, 3.63) is 0 Å². The summed E-state index contributed by atoms with van der Waals surface area (Å²) in [5.41, 5.74) is 0. The van der Waals surface area contributed by atoms with Crippen molar-refractivity contribution < 1.29 is 22.7 Å². The molecule has 7 heteroatoms. The average molecular weight is 253 g/mol. The Hall–Kier alpha value is -0.660. The summed E-state index contributed by atoms with van der Waals surface area (Å²) >= 11 is 0. The molecule has 0 aromatic carbocycles. The van der Waals surface area contributed by atoms with Crippen LogP contribution in [-0.2, 0) is 24.1 Å². The van der Waals surface area contributed by atoms with Gasteiger partial charge >= 0.3 is 0 Å². The molecule has 0 rings (SSSR count). The van der Waals surface area contributed by atoms with Crippen LogP contribution in [0.4, 0.5) is 0 Å². The van der Waals surface area contributed by atoms with Crippen LogP contribution in [0.3, 0.4) is 0 Å². The van der Waals surface area contributed by atoms with Crippen LogP contribution in [0.5, 0.6) is 0 Å². The maximum atomic E-state index is 11.2. The van der Waals surface area contributed by atoms with Gasteiger partial charge in [-0.1, -0.05) is 0 Å². The van der Waals surface area contributed by atoms with Gasteiger partial charge in [-0.15, -0.1) is 0 Å². The Morgan fingerprint density at radius 2 is 1.88 bits per heavy atom. The summed E-state index contributed by atoms with van der Waals surface area (Å²) in [6, 6.07) is 0. The van der Waals surface area contributed by atoms with Crippen LogP contribution >= 0.6 is 0 Å². The summed E-state index contributed by atoms with van der Waals surface area (Å²) in [7, 11) is -0.0374. The number of sulfone groups is 1. The highest BCUT2D eigenvalue weighted by atomic mass is 32.2. The maximum Gasteiger partial charge on any atom is 0.220 e. The summed E-state index contributed by atoms with van der Waals surface area (Å²) in [5.74, 6) is -0.180. The Morgan fingerprint density at radius 3 is 2.31 bits per heavy atom. The molecule has 96 valence electrons. The zero-order valence-electron chi connectivity index (χ0n) is 9.86. The van der Waals surface area contributed by atoms with Crippen LogP contribution in [0.2, 0.25) is 0 Å². The lowest BCUT2D eigenvalue weighted by Crippen LogP contribution is -2.34. The minimum absolute atomic E-state index is 0.0262. The minimum atomic E-state index is -2.99. The molecule has 1 amide bonds. The molecule has 0 atom stereocenters. The van der Waals surface area contributed by atoms with Crippen molar-refractivity contribution >= 4 is 15.7 Å². The average Bonchev–Trinajstić information content (AvgIpc) is 2.17. The lowest BCUT2D eigenvalue weighted by Gasteiger charge is -2.13. The molecule has 0 aliphatic carbocycles. The molecule has 0 aliphatic rings. The second-order valence-electron chi connectivity index (χ2n) is 3.44. The first-order chi connectivity index (χ1) is 7.39. The zero-order chi connectivity index (χ0) is 12.6. The lowest BCUT2D eigenvalue weighted by atomic mass is 10.3. The van der Waals surface area contributed by atoms with E-state index in [9.17, 15) is 13.2 Å². The van der Waals surface area contributed by atoms with E-state index in [1.54, 1.807) is 0 Å². The highest BCUT2D eigenvalue weighted by molar-refractivity contribution is 7.90. The van der Waals surface area contributed by atoms with Gasteiger partial charge in [-0.3, -0.25) is 4.79 Å². The minimum Gasteiger partial charge on any atom is -0.354 e. The van der Waals surface area contributed by atoms with Gasteiger partial charge in [0.05, 0.1) is 12.3 Å². The van der Waals surface area contributed by atoms with Crippen LogP contribution in [0, 0.1) is 0 Å². The Labute approximate surface area is 96.2 Å². The molecule has 6 nitrogen and oxygen atoms in total. The topological polar surface area (TPSA) is 81.7 Å². The first kappa shape index (κ1) is 15.3. The van der Waals surface area contributed by atoms with Crippen molar-refractivity contribution in [2.45, 2.75) is 19.1 Å². The predicted molar refractivity (Wildman–Crippen MR) is 59.8 cm³/mol. The molecular formula is C9H19NO5S. The van der Waals surface area contributed by atoms with Gasteiger partial charge < -0.3 is 14.8 Å². The van der Waals surface area contributed by atoms with E-state index in [0.29, 0.717) is 6.42 Å². The fourth-order valence-corrected chi connectivity index (χ4v) is 1.71. The molecule has 0 aromatic rings.